The number of carbonyl (C=O) groups is 2. The number of hydrogen-bond acceptors (Lipinski definition) is 5. The van der Waals surface area contributed by atoms with Gasteiger partial charge in [0.25, 0.3) is 5.91 Å². The highest BCUT2D eigenvalue weighted by atomic mass is 19.1. The summed E-state index contributed by atoms with van der Waals surface area (Å²) in [4.78, 5) is 32.0. The number of nitrogens with one attached hydrogen (secondary N) is 2. The Morgan fingerprint density at radius 2 is 2.00 bits per heavy atom. The maximum atomic E-state index is 14.4. The van der Waals surface area contributed by atoms with Gasteiger partial charge >= 0.3 is 0 Å². The van der Waals surface area contributed by atoms with Crippen LogP contribution in [0.1, 0.15) is 23.8 Å². The van der Waals surface area contributed by atoms with E-state index in [1.807, 2.05) is 11.9 Å². The zero-order chi connectivity index (χ0) is 17.7. The Bertz CT molecular complexity index is 602. The molecule has 1 unspecified atom stereocenters. The number of likely N-dealkylation sites (N-methyl/N-ethyl adjacent to an activating group) is 2. The third-order valence-corrected chi connectivity index (χ3v) is 4.19. The largest absolute Gasteiger partial charge is 0.365 e. The molecule has 0 spiro atoms. The van der Waals surface area contributed by atoms with E-state index < -0.39 is 17.8 Å². The average molecular weight is 337 g/mol. The molecule has 0 aliphatic carbocycles. The van der Waals surface area contributed by atoms with Crippen LogP contribution in [-0.4, -0.2) is 68.0 Å². The predicted octanol–water partition coefficient (Wildman–Crippen LogP) is 0.227. The lowest BCUT2D eigenvalue weighted by Crippen LogP contribution is -2.46. The number of halogens is 1. The SMILES string of the molecule is CCC(NC(=O)c1cc(F)c(N2CCN(C)CC2)cn1)C(=O)NC. The second kappa shape index (κ2) is 8.05. The van der Waals surface area contributed by atoms with Gasteiger partial charge in [0.15, 0.2) is 0 Å². The van der Waals surface area contributed by atoms with Gasteiger partial charge in [-0.25, -0.2) is 9.37 Å². The van der Waals surface area contributed by atoms with E-state index in [4.69, 9.17) is 0 Å². The highest BCUT2D eigenvalue weighted by Crippen LogP contribution is 2.20. The summed E-state index contributed by atoms with van der Waals surface area (Å²) in [6, 6.07) is 0.462. The molecule has 1 aliphatic heterocycles. The monoisotopic (exact) mass is 337 g/mol. The smallest absolute Gasteiger partial charge is 0.270 e. The van der Waals surface area contributed by atoms with Gasteiger partial charge in [-0.3, -0.25) is 9.59 Å². The van der Waals surface area contributed by atoms with Crippen molar-refractivity contribution in [3.8, 4) is 0 Å². The summed E-state index contributed by atoms with van der Waals surface area (Å²) in [7, 11) is 3.52. The molecule has 0 saturated carbocycles. The summed E-state index contributed by atoms with van der Waals surface area (Å²) in [6.45, 7) is 4.92. The van der Waals surface area contributed by atoms with Crippen molar-refractivity contribution in [3.05, 3.63) is 23.8 Å². The molecule has 0 bridgehead atoms. The van der Waals surface area contributed by atoms with Crippen molar-refractivity contribution >= 4 is 17.5 Å². The van der Waals surface area contributed by atoms with Crippen molar-refractivity contribution in [1.29, 1.82) is 0 Å². The fraction of sp³-hybridized carbons (Fsp3) is 0.562. The minimum Gasteiger partial charge on any atom is -0.365 e. The van der Waals surface area contributed by atoms with E-state index in [2.05, 4.69) is 20.5 Å². The summed E-state index contributed by atoms with van der Waals surface area (Å²) >= 11 is 0. The average Bonchev–Trinajstić information content (AvgIpc) is 2.59. The van der Waals surface area contributed by atoms with Crippen LogP contribution < -0.4 is 15.5 Å². The highest BCUT2D eigenvalue weighted by molar-refractivity contribution is 5.96. The second-order valence-corrected chi connectivity index (χ2v) is 5.86. The number of piperazine rings is 1. The quantitative estimate of drug-likeness (QED) is 0.804. The summed E-state index contributed by atoms with van der Waals surface area (Å²) < 4.78 is 14.4. The molecule has 1 aromatic heterocycles. The second-order valence-electron chi connectivity index (χ2n) is 5.86. The van der Waals surface area contributed by atoms with Gasteiger partial charge in [-0.15, -0.1) is 0 Å². The maximum Gasteiger partial charge on any atom is 0.270 e. The van der Waals surface area contributed by atoms with Crippen molar-refractivity contribution in [2.75, 3.05) is 45.2 Å². The number of rotatable bonds is 5. The van der Waals surface area contributed by atoms with Crippen LogP contribution in [0.4, 0.5) is 10.1 Å². The van der Waals surface area contributed by atoms with Gasteiger partial charge in [0.1, 0.15) is 17.6 Å². The van der Waals surface area contributed by atoms with Crippen LogP contribution in [0.2, 0.25) is 0 Å². The zero-order valence-electron chi connectivity index (χ0n) is 14.3. The van der Waals surface area contributed by atoms with Crippen LogP contribution in [0, 0.1) is 5.82 Å². The molecular formula is C16H24FN5O2. The predicted molar refractivity (Wildman–Crippen MR) is 89.5 cm³/mol. The molecule has 0 aromatic carbocycles. The molecule has 2 amide bonds. The Hall–Kier alpha value is -2.22. The van der Waals surface area contributed by atoms with Crippen LogP contribution >= 0.6 is 0 Å². The third kappa shape index (κ3) is 4.19. The number of carbonyl (C=O) groups excluding carboxylic acids is 2. The molecule has 1 saturated heterocycles. The third-order valence-electron chi connectivity index (χ3n) is 4.19. The van der Waals surface area contributed by atoms with E-state index in [9.17, 15) is 14.0 Å². The van der Waals surface area contributed by atoms with E-state index in [0.29, 0.717) is 12.1 Å². The molecule has 1 fully saturated rings. The van der Waals surface area contributed by atoms with Crippen molar-refractivity contribution in [2.24, 2.45) is 0 Å². The van der Waals surface area contributed by atoms with Crippen molar-refractivity contribution < 1.29 is 14.0 Å². The minimum atomic E-state index is -0.662. The van der Waals surface area contributed by atoms with Gasteiger partial charge < -0.3 is 20.4 Å². The molecule has 24 heavy (non-hydrogen) atoms. The van der Waals surface area contributed by atoms with Crippen LogP contribution in [-0.2, 0) is 4.79 Å². The van der Waals surface area contributed by atoms with E-state index >= 15 is 0 Å². The summed E-state index contributed by atoms with van der Waals surface area (Å²) in [5.41, 5.74) is 0.366. The van der Waals surface area contributed by atoms with Gasteiger partial charge in [-0.05, 0) is 13.5 Å². The number of aromatic nitrogens is 1. The van der Waals surface area contributed by atoms with Gasteiger partial charge in [0, 0.05) is 39.3 Å². The van der Waals surface area contributed by atoms with Crippen LogP contribution in [0.3, 0.4) is 0 Å². The number of nitrogens with zero attached hydrogens (tertiary/aromatic N) is 3. The molecule has 7 nitrogen and oxygen atoms in total. The normalized spacial score (nSPS) is 16.6. The lowest BCUT2D eigenvalue weighted by molar-refractivity contribution is -0.122. The van der Waals surface area contributed by atoms with Gasteiger partial charge in [-0.2, -0.15) is 0 Å². The number of anilines is 1. The highest BCUT2D eigenvalue weighted by Gasteiger charge is 2.22. The molecular weight excluding hydrogens is 313 g/mol. The molecule has 2 rings (SSSR count). The fourth-order valence-electron chi connectivity index (χ4n) is 2.59. The van der Waals surface area contributed by atoms with Crippen molar-refractivity contribution in [1.82, 2.24) is 20.5 Å². The number of pyridine rings is 1. The molecule has 1 aliphatic rings. The molecule has 8 heteroatoms. The minimum absolute atomic E-state index is 0.0345. The van der Waals surface area contributed by atoms with Crippen LogP contribution in [0.25, 0.3) is 0 Å². The first-order valence-corrected chi connectivity index (χ1v) is 8.07. The van der Waals surface area contributed by atoms with Gasteiger partial charge in [-0.1, -0.05) is 6.92 Å². The summed E-state index contributed by atoms with van der Waals surface area (Å²) in [6.07, 6.45) is 1.82. The van der Waals surface area contributed by atoms with Crippen LogP contribution in [0.15, 0.2) is 12.3 Å². The van der Waals surface area contributed by atoms with E-state index in [0.717, 1.165) is 32.2 Å². The lowest BCUT2D eigenvalue weighted by Gasteiger charge is -2.33. The molecule has 1 aromatic rings. The molecule has 1 atom stereocenters. The van der Waals surface area contributed by atoms with E-state index in [-0.39, 0.29) is 11.6 Å². The number of hydrogen-bond donors (Lipinski definition) is 2. The van der Waals surface area contributed by atoms with E-state index in [1.54, 1.807) is 6.92 Å². The first-order valence-electron chi connectivity index (χ1n) is 8.07. The molecule has 0 radical (unpaired) electrons. The summed E-state index contributed by atoms with van der Waals surface area (Å²) in [5, 5.41) is 5.05. The van der Waals surface area contributed by atoms with Crippen molar-refractivity contribution in [2.45, 2.75) is 19.4 Å². The lowest BCUT2D eigenvalue weighted by atomic mass is 10.2. The maximum absolute atomic E-state index is 14.4. The fourth-order valence-corrected chi connectivity index (χ4v) is 2.59. The molecule has 2 heterocycles. The van der Waals surface area contributed by atoms with Gasteiger partial charge in [0.2, 0.25) is 5.91 Å². The Labute approximate surface area is 141 Å². The first kappa shape index (κ1) is 18.1. The number of amides is 2. The molecule has 132 valence electrons. The molecule has 2 N–H and O–H groups in total. The van der Waals surface area contributed by atoms with Gasteiger partial charge in [0.05, 0.1) is 11.9 Å². The Kier molecular flexibility index (Phi) is 6.08. The zero-order valence-corrected chi connectivity index (χ0v) is 14.3. The van der Waals surface area contributed by atoms with Crippen LogP contribution in [0.5, 0.6) is 0 Å². The first-order chi connectivity index (χ1) is 11.5. The Morgan fingerprint density at radius 3 is 2.54 bits per heavy atom. The standard InChI is InChI=1S/C16H24FN5O2/c1-4-12(15(23)18-2)20-16(24)13-9-11(17)14(10-19-13)22-7-5-21(3)6-8-22/h9-10,12H,4-8H2,1-3H3,(H,18,23)(H,20,24). The Morgan fingerprint density at radius 1 is 1.33 bits per heavy atom. The Balaban J connectivity index is 2.08. The topological polar surface area (TPSA) is 77.6 Å². The summed E-state index contributed by atoms with van der Waals surface area (Å²) in [5.74, 6) is -1.33. The van der Waals surface area contributed by atoms with Crippen molar-refractivity contribution in [3.63, 3.8) is 0 Å². The van der Waals surface area contributed by atoms with E-state index in [1.165, 1.54) is 13.2 Å².